The molecule has 1 N–H and O–H groups in total. The quantitative estimate of drug-likeness (QED) is 0.833. The molecule has 1 saturated heterocycles. The second-order valence-corrected chi connectivity index (χ2v) is 8.24. The number of piperazine rings is 1. The van der Waals surface area contributed by atoms with E-state index in [2.05, 4.69) is 55.3 Å². The van der Waals surface area contributed by atoms with Gasteiger partial charge in [0.2, 0.25) is 0 Å². The highest BCUT2D eigenvalue weighted by atomic mass is 16.5. The van der Waals surface area contributed by atoms with E-state index < -0.39 is 0 Å². The fourth-order valence-corrected chi connectivity index (χ4v) is 3.63. The van der Waals surface area contributed by atoms with Crippen LogP contribution in [0.3, 0.4) is 0 Å². The minimum Gasteiger partial charge on any atom is -0.497 e. The smallest absolute Gasteiger partial charge is 0.322 e. The van der Waals surface area contributed by atoms with Crippen molar-refractivity contribution in [3.8, 4) is 11.5 Å². The Hall–Kier alpha value is -2.89. The van der Waals surface area contributed by atoms with E-state index in [9.17, 15) is 4.79 Å². The van der Waals surface area contributed by atoms with E-state index in [1.165, 1.54) is 11.3 Å². The summed E-state index contributed by atoms with van der Waals surface area (Å²) in [6.45, 7) is 9.65. The Kier molecular flexibility index (Phi) is 6.20. The molecule has 1 aliphatic heterocycles. The number of urea groups is 1. The zero-order valence-electron chi connectivity index (χ0n) is 18.0. The standard InChI is InChI=1S/C23H31N3O3/c1-23(2,3)18-8-6-7-9-20(18)25-12-14-26(15-13-25)22(27)24-19-11-10-17(28-4)16-21(19)29-5/h6-11,16H,12-15H2,1-5H3,(H,24,27). The van der Waals surface area contributed by atoms with Crippen LogP contribution < -0.4 is 19.7 Å². The number of amides is 2. The van der Waals surface area contributed by atoms with Crippen LogP contribution >= 0.6 is 0 Å². The molecule has 1 heterocycles. The first-order valence-electron chi connectivity index (χ1n) is 9.96. The maximum Gasteiger partial charge on any atom is 0.322 e. The van der Waals surface area contributed by atoms with Gasteiger partial charge in [0, 0.05) is 37.9 Å². The van der Waals surface area contributed by atoms with Crippen LogP contribution in [0.1, 0.15) is 26.3 Å². The van der Waals surface area contributed by atoms with Crippen LogP contribution in [0, 0.1) is 0 Å². The van der Waals surface area contributed by atoms with Crippen molar-refractivity contribution in [1.82, 2.24) is 4.90 Å². The van der Waals surface area contributed by atoms with Crippen molar-refractivity contribution in [2.24, 2.45) is 0 Å². The van der Waals surface area contributed by atoms with Crippen molar-refractivity contribution >= 4 is 17.4 Å². The second-order valence-electron chi connectivity index (χ2n) is 8.24. The topological polar surface area (TPSA) is 54.0 Å². The number of carbonyl (C=O) groups excluding carboxylic acids is 1. The molecular formula is C23H31N3O3. The molecule has 0 radical (unpaired) electrons. The summed E-state index contributed by atoms with van der Waals surface area (Å²) >= 11 is 0. The number of methoxy groups -OCH3 is 2. The zero-order valence-corrected chi connectivity index (χ0v) is 18.0. The summed E-state index contributed by atoms with van der Waals surface area (Å²) in [4.78, 5) is 17.0. The summed E-state index contributed by atoms with van der Waals surface area (Å²) in [6.07, 6.45) is 0. The first kappa shape index (κ1) is 20.8. The van der Waals surface area contributed by atoms with E-state index >= 15 is 0 Å². The van der Waals surface area contributed by atoms with Gasteiger partial charge in [-0.05, 0) is 29.2 Å². The zero-order chi connectivity index (χ0) is 21.0. The van der Waals surface area contributed by atoms with Crippen molar-refractivity contribution < 1.29 is 14.3 Å². The highest BCUT2D eigenvalue weighted by molar-refractivity contribution is 5.91. The molecule has 0 bridgehead atoms. The molecule has 6 nitrogen and oxygen atoms in total. The molecule has 2 aromatic rings. The number of rotatable bonds is 4. The van der Waals surface area contributed by atoms with Gasteiger partial charge in [0.25, 0.3) is 0 Å². The summed E-state index contributed by atoms with van der Waals surface area (Å²) in [6, 6.07) is 13.8. The van der Waals surface area contributed by atoms with Crippen LogP contribution in [-0.4, -0.2) is 51.3 Å². The van der Waals surface area contributed by atoms with Gasteiger partial charge < -0.3 is 24.6 Å². The van der Waals surface area contributed by atoms with Crippen molar-refractivity contribution in [2.45, 2.75) is 26.2 Å². The molecule has 0 saturated carbocycles. The highest BCUT2D eigenvalue weighted by Gasteiger charge is 2.26. The van der Waals surface area contributed by atoms with Gasteiger partial charge in [-0.25, -0.2) is 4.79 Å². The number of para-hydroxylation sites is 1. The van der Waals surface area contributed by atoms with Crippen LogP contribution in [0.15, 0.2) is 42.5 Å². The molecule has 2 amide bonds. The fraction of sp³-hybridized carbons (Fsp3) is 0.435. The van der Waals surface area contributed by atoms with E-state index in [0.29, 0.717) is 30.3 Å². The largest absolute Gasteiger partial charge is 0.497 e. The predicted octanol–water partition coefficient (Wildman–Crippen LogP) is 4.36. The Morgan fingerprint density at radius 1 is 0.966 bits per heavy atom. The summed E-state index contributed by atoms with van der Waals surface area (Å²) < 4.78 is 10.6. The SMILES string of the molecule is COc1ccc(NC(=O)N2CCN(c3ccccc3C(C)(C)C)CC2)c(OC)c1. The molecule has 0 unspecified atom stereocenters. The van der Waals surface area contributed by atoms with E-state index in [0.717, 1.165) is 13.1 Å². The number of benzene rings is 2. The molecule has 6 heteroatoms. The maximum atomic E-state index is 12.8. The third kappa shape index (κ3) is 4.75. The highest BCUT2D eigenvalue weighted by Crippen LogP contribution is 2.33. The summed E-state index contributed by atoms with van der Waals surface area (Å²) in [5, 5.41) is 2.96. The summed E-state index contributed by atoms with van der Waals surface area (Å²) in [7, 11) is 3.18. The van der Waals surface area contributed by atoms with E-state index in [1.807, 2.05) is 4.90 Å². The van der Waals surface area contributed by atoms with Gasteiger partial charge in [0.1, 0.15) is 11.5 Å². The molecule has 3 rings (SSSR count). The molecule has 0 spiro atoms. The van der Waals surface area contributed by atoms with Gasteiger partial charge in [0.05, 0.1) is 19.9 Å². The average Bonchev–Trinajstić information content (AvgIpc) is 2.73. The number of nitrogens with zero attached hydrogens (tertiary/aromatic N) is 2. The van der Waals surface area contributed by atoms with Gasteiger partial charge in [-0.2, -0.15) is 0 Å². The monoisotopic (exact) mass is 397 g/mol. The van der Waals surface area contributed by atoms with Gasteiger partial charge in [-0.3, -0.25) is 0 Å². The van der Waals surface area contributed by atoms with Crippen molar-refractivity contribution in [3.05, 3.63) is 48.0 Å². The fourth-order valence-electron chi connectivity index (χ4n) is 3.63. The molecular weight excluding hydrogens is 366 g/mol. The number of carbonyl (C=O) groups is 1. The lowest BCUT2D eigenvalue weighted by Gasteiger charge is -2.38. The van der Waals surface area contributed by atoms with Gasteiger partial charge in [0.15, 0.2) is 0 Å². The molecule has 0 atom stereocenters. The number of anilines is 2. The lowest BCUT2D eigenvalue weighted by Crippen LogP contribution is -2.50. The Morgan fingerprint density at radius 3 is 2.28 bits per heavy atom. The Bertz CT molecular complexity index is 853. The van der Waals surface area contributed by atoms with Crippen molar-refractivity contribution in [2.75, 3.05) is 50.6 Å². The molecule has 0 aliphatic carbocycles. The minimum absolute atomic E-state index is 0.0794. The molecule has 156 valence electrons. The van der Waals surface area contributed by atoms with Crippen LogP contribution in [0.5, 0.6) is 11.5 Å². The van der Waals surface area contributed by atoms with Crippen LogP contribution in [0.2, 0.25) is 0 Å². The molecule has 29 heavy (non-hydrogen) atoms. The maximum absolute atomic E-state index is 12.8. The number of ether oxygens (including phenoxy) is 2. The third-order valence-corrected chi connectivity index (χ3v) is 5.27. The number of hydrogen-bond donors (Lipinski definition) is 1. The average molecular weight is 398 g/mol. The lowest BCUT2D eigenvalue weighted by molar-refractivity contribution is 0.208. The van der Waals surface area contributed by atoms with E-state index in [-0.39, 0.29) is 11.4 Å². The third-order valence-electron chi connectivity index (χ3n) is 5.27. The summed E-state index contributed by atoms with van der Waals surface area (Å²) in [5.41, 5.74) is 3.31. The van der Waals surface area contributed by atoms with Gasteiger partial charge >= 0.3 is 6.03 Å². The van der Waals surface area contributed by atoms with Crippen molar-refractivity contribution in [1.29, 1.82) is 0 Å². The first-order valence-corrected chi connectivity index (χ1v) is 9.96. The van der Waals surface area contributed by atoms with Crippen LogP contribution in [0.4, 0.5) is 16.2 Å². The molecule has 2 aromatic carbocycles. The second kappa shape index (κ2) is 8.64. The Morgan fingerprint density at radius 2 is 1.66 bits per heavy atom. The molecule has 1 fully saturated rings. The molecule has 0 aromatic heterocycles. The summed E-state index contributed by atoms with van der Waals surface area (Å²) in [5.74, 6) is 1.27. The van der Waals surface area contributed by atoms with E-state index in [1.54, 1.807) is 32.4 Å². The molecule has 1 aliphatic rings. The van der Waals surface area contributed by atoms with Crippen LogP contribution in [0.25, 0.3) is 0 Å². The van der Waals surface area contributed by atoms with E-state index in [4.69, 9.17) is 9.47 Å². The number of nitrogens with one attached hydrogen (secondary N) is 1. The number of hydrogen-bond acceptors (Lipinski definition) is 4. The van der Waals surface area contributed by atoms with Crippen molar-refractivity contribution in [3.63, 3.8) is 0 Å². The Balaban J connectivity index is 1.65. The van der Waals surface area contributed by atoms with Crippen LogP contribution in [-0.2, 0) is 5.41 Å². The first-order chi connectivity index (χ1) is 13.8. The Labute approximate surface area is 173 Å². The van der Waals surface area contributed by atoms with Gasteiger partial charge in [-0.1, -0.05) is 39.0 Å². The predicted molar refractivity (Wildman–Crippen MR) is 117 cm³/mol. The van der Waals surface area contributed by atoms with Gasteiger partial charge in [-0.15, -0.1) is 0 Å². The normalized spacial score (nSPS) is 14.5. The lowest BCUT2D eigenvalue weighted by atomic mass is 9.85. The minimum atomic E-state index is -0.114.